The van der Waals surface area contributed by atoms with E-state index in [0.717, 1.165) is 12.4 Å². The van der Waals surface area contributed by atoms with Crippen molar-refractivity contribution in [1.29, 1.82) is 0 Å². The second-order valence-corrected chi connectivity index (χ2v) is 2.22. The van der Waals surface area contributed by atoms with Crippen LogP contribution in [0.5, 0.6) is 0 Å². The Hall–Kier alpha value is -1.25. The first kappa shape index (κ1) is 5.53. The molecule has 3 nitrogen and oxygen atoms in total. The zero-order chi connectivity index (χ0) is 6.97. The van der Waals surface area contributed by atoms with E-state index in [-0.39, 0.29) is 0 Å². The molecule has 0 amide bonds. The van der Waals surface area contributed by atoms with Crippen molar-refractivity contribution in [2.45, 2.75) is 6.54 Å². The summed E-state index contributed by atoms with van der Waals surface area (Å²) in [5.41, 5.74) is 0. The summed E-state index contributed by atoms with van der Waals surface area (Å²) in [5, 5.41) is 0. The number of hydrogen-bond acceptors (Lipinski definition) is 2. The molecule has 1 aliphatic rings. The van der Waals surface area contributed by atoms with Crippen molar-refractivity contribution in [3.63, 3.8) is 0 Å². The number of rotatable bonds is 0. The molecule has 0 atom stereocenters. The highest BCUT2D eigenvalue weighted by Crippen LogP contribution is 2.15. The SMILES string of the molecule is C=C1OCCn2ccnc21. The summed E-state index contributed by atoms with van der Waals surface area (Å²) in [6.45, 7) is 5.32. The lowest BCUT2D eigenvalue weighted by Crippen LogP contribution is -2.14. The largest absolute Gasteiger partial charge is 0.488 e. The van der Waals surface area contributed by atoms with E-state index in [9.17, 15) is 0 Å². The molecule has 52 valence electrons. The third-order valence-corrected chi connectivity index (χ3v) is 1.57. The molecule has 2 heterocycles. The molecule has 1 aliphatic heterocycles. The van der Waals surface area contributed by atoms with Crippen LogP contribution in [-0.2, 0) is 11.3 Å². The van der Waals surface area contributed by atoms with Gasteiger partial charge in [0.25, 0.3) is 0 Å². The van der Waals surface area contributed by atoms with Crippen LogP contribution in [0.25, 0.3) is 5.76 Å². The van der Waals surface area contributed by atoms with Gasteiger partial charge in [-0.2, -0.15) is 0 Å². The Kier molecular flexibility index (Phi) is 1.03. The van der Waals surface area contributed by atoms with Crippen molar-refractivity contribution in [2.24, 2.45) is 0 Å². The minimum absolute atomic E-state index is 0.677. The molecule has 3 heteroatoms. The summed E-state index contributed by atoms with van der Waals surface area (Å²) in [7, 11) is 0. The van der Waals surface area contributed by atoms with Gasteiger partial charge in [0.1, 0.15) is 6.61 Å². The van der Waals surface area contributed by atoms with Crippen LogP contribution >= 0.6 is 0 Å². The molecule has 1 aromatic rings. The van der Waals surface area contributed by atoms with Gasteiger partial charge in [0.15, 0.2) is 11.6 Å². The lowest BCUT2D eigenvalue weighted by Gasteiger charge is -2.16. The lowest BCUT2D eigenvalue weighted by atomic mass is 10.4. The maximum absolute atomic E-state index is 5.18. The van der Waals surface area contributed by atoms with Crippen LogP contribution in [-0.4, -0.2) is 16.2 Å². The van der Waals surface area contributed by atoms with Gasteiger partial charge >= 0.3 is 0 Å². The van der Waals surface area contributed by atoms with E-state index in [1.54, 1.807) is 6.20 Å². The molecule has 0 radical (unpaired) electrons. The number of nitrogens with zero attached hydrogens (tertiary/aromatic N) is 2. The Labute approximate surface area is 58.9 Å². The minimum atomic E-state index is 0.677. The molecule has 2 rings (SSSR count). The highest BCUT2D eigenvalue weighted by molar-refractivity contribution is 5.50. The van der Waals surface area contributed by atoms with Crippen molar-refractivity contribution < 1.29 is 4.74 Å². The molecule has 0 spiro atoms. The molecule has 0 aliphatic carbocycles. The van der Waals surface area contributed by atoms with E-state index in [4.69, 9.17) is 4.74 Å². The summed E-state index contributed by atoms with van der Waals surface area (Å²) < 4.78 is 7.22. The average Bonchev–Trinajstić information content (AvgIpc) is 2.36. The van der Waals surface area contributed by atoms with Crippen LogP contribution in [0.15, 0.2) is 19.0 Å². The first-order chi connectivity index (χ1) is 4.88. The summed E-state index contributed by atoms with van der Waals surface area (Å²) >= 11 is 0. The Balaban J connectivity index is 2.50. The van der Waals surface area contributed by atoms with Gasteiger partial charge in [-0.15, -0.1) is 0 Å². The van der Waals surface area contributed by atoms with E-state index >= 15 is 0 Å². The number of aromatic nitrogens is 2. The summed E-state index contributed by atoms with van der Waals surface area (Å²) in [6, 6.07) is 0. The van der Waals surface area contributed by atoms with E-state index in [1.165, 1.54) is 0 Å². The Morgan fingerprint density at radius 1 is 1.70 bits per heavy atom. The van der Waals surface area contributed by atoms with Gasteiger partial charge in [0.05, 0.1) is 6.54 Å². The molecule has 10 heavy (non-hydrogen) atoms. The normalized spacial score (nSPS) is 16.2. The highest BCUT2D eigenvalue weighted by Gasteiger charge is 2.12. The maximum Gasteiger partial charge on any atom is 0.174 e. The molecule has 0 fully saturated rings. The van der Waals surface area contributed by atoms with Gasteiger partial charge in [-0.3, -0.25) is 0 Å². The van der Waals surface area contributed by atoms with Crippen LogP contribution in [0.4, 0.5) is 0 Å². The van der Waals surface area contributed by atoms with Gasteiger partial charge in [0.2, 0.25) is 0 Å². The number of hydrogen-bond donors (Lipinski definition) is 0. The Morgan fingerprint density at radius 2 is 2.60 bits per heavy atom. The van der Waals surface area contributed by atoms with Crippen LogP contribution in [0.3, 0.4) is 0 Å². The monoisotopic (exact) mass is 136 g/mol. The molecule has 0 aromatic carbocycles. The van der Waals surface area contributed by atoms with Crippen LogP contribution in [0.1, 0.15) is 5.82 Å². The van der Waals surface area contributed by atoms with Gasteiger partial charge in [-0.05, 0) is 0 Å². The minimum Gasteiger partial charge on any atom is -0.488 e. The fraction of sp³-hybridized carbons (Fsp3) is 0.286. The Bertz CT molecular complexity index is 264. The van der Waals surface area contributed by atoms with Crippen molar-refractivity contribution in [1.82, 2.24) is 9.55 Å². The van der Waals surface area contributed by atoms with Crippen LogP contribution in [0, 0.1) is 0 Å². The zero-order valence-corrected chi connectivity index (χ0v) is 5.58. The Morgan fingerprint density at radius 3 is 3.40 bits per heavy atom. The number of fused-ring (bicyclic) bond motifs is 1. The predicted molar refractivity (Wildman–Crippen MR) is 37.2 cm³/mol. The van der Waals surface area contributed by atoms with Gasteiger partial charge < -0.3 is 9.30 Å². The van der Waals surface area contributed by atoms with Crippen molar-refractivity contribution in [2.75, 3.05) is 6.61 Å². The quantitative estimate of drug-likeness (QED) is 0.529. The number of ether oxygens (including phenoxy) is 1. The molecular formula is C7H8N2O. The standard InChI is InChI=1S/C7H8N2O/c1-6-7-8-2-3-9(7)4-5-10-6/h2-3H,1,4-5H2. The highest BCUT2D eigenvalue weighted by atomic mass is 16.5. The first-order valence-electron chi connectivity index (χ1n) is 3.21. The topological polar surface area (TPSA) is 27.1 Å². The second kappa shape index (κ2) is 1.87. The van der Waals surface area contributed by atoms with Crippen LogP contribution < -0.4 is 0 Å². The summed E-state index contributed by atoms with van der Waals surface area (Å²) in [4.78, 5) is 4.08. The van der Waals surface area contributed by atoms with E-state index in [2.05, 4.69) is 11.6 Å². The molecule has 0 saturated heterocycles. The summed E-state index contributed by atoms with van der Waals surface area (Å²) in [6.07, 6.45) is 3.69. The molecule has 0 N–H and O–H groups in total. The summed E-state index contributed by atoms with van der Waals surface area (Å²) in [5.74, 6) is 1.53. The van der Waals surface area contributed by atoms with Crippen molar-refractivity contribution in [3.8, 4) is 0 Å². The van der Waals surface area contributed by atoms with Gasteiger partial charge in [-0.1, -0.05) is 6.58 Å². The smallest absolute Gasteiger partial charge is 0.174 e. The number of imidazole rings is 1. The molecule has 1 aromatic heterocycles. The average molecular weight is 136 g/mol. The van der Waals surface area contributed by atoms with E-state index in [1.807, 2.05) is 10.8 Å². The van der Waals surface area contributed by atoms with Crippen LogP contribution in [0.2, 0.25) is 0 Å². The lowest BCUT2D eigenvalue weighted by molar-refractivity contribution is 0.236. The fourth-order valence-electron chi connectivity index (χ4n) is 1.07. The second-order valence-electron chi connectivity index (χ2n) is 2.22. The third-order valence-electron chi connectivity index (χ3n) is 1.57. The van der Waals surface area contributed by atoms with Gasteiger partial charge in [0, 0.05) is 12.4 Å². The first-order valence-corrected chi connectivity index (χ1v) is 3.21. The molecular weight excluding hydrogens is 128 g/mol. The molecule has 0 unspecified atom stereocenters. The zero-order valence-electron chi connectivity index (χ0n) is 5.58. The predicted octanol–water partition coefficient (Wildman–Crippen LogP) is 0.884. The van der Waals surface area contributed by atoms with E-state index < -0.39 is 0 Å². The van der Waals surface area contributed by atoms with Gasteiger partial charge in [-0.25, -0.2) is 4.98 Å². The fourth-order valence-corrected chi connectivity index (χ4v) is 1.07. The molecule has 0 saturated carbocycles. The van der Waals surface area contributed by atoms with Crippen molar-refractivity contribution >= 4 is 5.76 Å². The molecule has 0 bridgehead atoms. The van der Waals surface area contributed by atoms with Crippen molar-refractivity contribution in [3.05, 3.63) is 24.8 Å². The third kappa shape index (κ3) is 0.635. The van der Waals surface area contributed by atoms with E-state index in [0.29, 0.717) is 12.4 Å². The maximum atomic E-state index is 5.18.